The van der Waals surface area contributed by atoms with Gasteiger partial charge in [0.1, 0.15) is 5.82 Å². The number of carbonyl (C=O) groups is 2. The van der Waals surface area contributed by atoms with Gasteiger partial charge >= 0.3 is 6.03 Å². The number of thiazole rings is 1. The van der Waals surface area contributed by atoms with Crippen LogP contribution in [-0.4, -0.2) is 16.9 Å². The minimum Gasteiger partial charge on any atom is -0.326 e. The Kier molecular flexibility index (Phi) is 6.79. The maximum absolute atomic E-state index is 13.5. The van der Waals surface area contributed by atoms with Gasteiger partial charge in [-0.2, -0.15) is 0 Å². The molecule has 0 spiro atoms. The van der Waals surface area contributed by atoms with Crippen molar-refractivity contribution in [2.75, 3.05) is 16.0 Å². The fourth-order valence-electron chi connectivity index (χ4n) is 2.44. The number of hydrogen-bond donors (Lipinski definition) is 3. The molecule has 0 aliphatic rings. The summed E-state index contributed by atoms with van der Waals surface area (Å²) < 4.78 is 13.5. The molecular weight excluding hydrogens is 415 g/mol. The second-order valence-corrected chi connectivity index (χ2v) is 7.54. The average molecular weight is 433 g/mol. The minimum atomic E-state index is -0.438. The number of aryl methyl sites for hydroxylation is 2. The van der Waals surface area contributed by atoms with Gasteiger partial charge in [0.05, 0.1) is 5.69 Å². The van der Waals surface area contributed by atoms with E-state index in [1.807, 2.05) is 0 Å². The molecule has 9 heteroatoms. The highest BCUT2D eigenvalue weighted by Crippen LogP contribution is 2.19. The molecule has 0 saturated heterocycles. The average Bonchev–Trinajstić information content (AvgIpc) is 3.10. The summed E-state index contributed by atoms with van der Waals surface area (Å²) in [5.41, 5.74) is 2.18. The third-order valence-corrected chi connectivity index (χ3v) is 4.96. The summed E-state index contributed by atoms with van der Waals surface area (Å²) >= 11 is 7.14. The van der Waals surface area contributed by atoms with Crippen LogP contribution in [-0.2, 0) is 11.2 Å². The molecule has 0 radical (unpaired) electrons. The highest BCUT2D eigenvalue weighted by molar-refractivity contribution is 7.13. The first-order valence-corrected chi connectivity index (χ1v) is 9.99. The number of aromatic nitrogens is 1. The Bertz CT molecular complexity index is 1040. The molecule has 0 saturated carbocycles. The first-order chi connectivity index (χ1) is 13.9. The van der Waals surface area contributed by atoms with Crippen LogP contribution in [0.4, 0.5) is 25.7 Å². The molecule has 0 fully saturated rings. The maximum atomic E-state index is 13.5. The largest absolute Gasteiger partial charge is 0.326 e. The van der Waals surface area contributed by atoms with E-state index in [1.54, 1.807) is 48.7 Å². The number of hydrogen-bond acceptors (Lipinski definition) is 4. The Labute approximate surface area is 176 Å². The standard InChI is InChI=1S/C20H18ClFN4O2S/c1-12-5-6-15(10-17(12)22)23-18(27)8-7-16-11-29-20(25-16)26-19(28)24-14-4-2-3-13(21)9-14/h2-6,9-11H,7-8H2,1H3,(H,23,27)(H2,24,25,26,28). The molecular formula is C20H18ClFN4O2S. The number of rotatable bonds is 6. The monoisotopic (exact) mass is 432 g/mol. The van der Waals surface area contributed by atoms with Gasteiger partial charge in [-0.1, -0.05) is 23.7 Å². The lowest BCUT2D eigenvalue weighted by Crippen LogP contribution is -2.19. The summed E-state index contributed by atoms with van der Waals surface area (Å²) in [6.07, 6.45) is 0.585. The van der Waals surface area contributed by atoms with E-state index in [0.717, 1.165) is 0 Å². The molecule has 29 heavy (non-hydrogen) atoms. The summed E-state index contributed by atoms with van der Waals surface area (Å²) in [6, 6.07) is 10.9. The molecule has 3 N–H and O–H groups in total. The summed E-state index contributed by atoms with van der Waals surface area (Å²) in [4.78, 5) is 28.4. The lowest BCUT2D eigenvalue weighted by Gasteiger charge is -2.06. The highest BCUT2D eigenvalue weighted by Gasteiger charge is 2.10. The van der Waals surface area contributed by atoms with Crippen molar-refractivity contribution < 1.29 is 14.0 Å². The molecule has 0 aliphatic carbocycles. The van der Waals surface area contributed by atoms with Crippen LogP contribution in [0.25, 0.3) is 0 Å². The van der Waals surface area contributed by atoms with E-state index in [2.05, 4.69) is 20.9 Å². The van der Waals surface area contributed by atoms with Crippen molar-refractivity contribution >= 4 is 51.4 Å². The van der Waals surface area contributed by atoms with Gasteiger partial charge in [-0.15, -0.1) is 11.3 Å². The second-order valence-electron chi connectivity index (χ2n) is 6.25. The zero-order chi connectivity index (χ0) is 20.8. The summed E-state index contributed by atoms with van der Waals surface area (Å²) in [7, 11) is 0. The Hall–Kier alpha value is -2.97. The molecule has 0 atom stereocenters. The minimum absolute atomic E-state index is 0.188. The van der Waals surface area contributed by atoms with Crippen molar-refractivity contribution in [3.8, 4) is 0 Å². The highest BCUT2D eigenvalue weighted by atomic mass is 35.5. The number of halogens is 2. The number of benzene rings is 2. The Balaban J connectivity index is 1.47. The summed E-state index contributed by atoms with van der Waals surface area (Å²) in [5.74, 6) is -0.608. The van der Waals surface area contributed by atoms with Crippen LogP contribution in [0.15, 0.2) is 47.8 Å². The van der Waals surface area contributed by atoms with Gasteiger partial charge in [-0.25, -0.2) is 14.2 Å². The first kappa shape index (κ1) is 20.8. The molecule has 1 aromatic heterocycles. The molecule has 0 unspecified atom stereocenters. The van der Waals surface area contributed by atoms with Crippen molar-refractivity contribution in [3.63, 3.8) is 0 Å². The van der Waals surface area contributed by atoms with Gasteiger partial charge in [-0.3, -0.25) is 10.1 Å². The normalized spacial score (nSPS) is 10.4. The fraction of sp³-hybridized carbons (Fsp3) is 0.150. The fourth-order valence-corrected chi connectivity index (χ4v) is 3.37. The van der Waals surface area contributed by atoms with Gasteiger partial charge in [0.2, 0.25) is 5.91 Å². The number of carbonyl (C=O) groups excluding carboxylic acids is 2. The SMILES string of the molecule is Cc1ccc(NC(=O)CCc2csc(NC(=O)Nc3cccc(Cl)c3)n2)cc1F. The van der Waals surface area contributed by atoms with Gasteiger partial charge in [0.15, 0.2) is 5.13 Å². The van der Waals surface area contributed by atoms with Crippen molar-refractivity contribution in [2.24, 2.45) is 0 Å². The topological polar surface area (TPSA) is 83.1 Å². The molecule has 2 aromatic carbocycles. The number of nitrogens with zero attached hydrogens (tertiary/aromatic N) is 1. The zero-order valence-electron chi connectivity index (χ0n) is 15.5. The number of anilines is 3. The smallest absolute Gasteiger partial charge is 0.325 e. The molecule has 0 aliphatic heterocycles. The molecule has 3 rings (SSSR count). The third-order valence-electron chi connectivity index (χ3n) is 3.92. The lowest BCUT2D eigenvalue weighted by atomic mass is 10.2. The van der Waals surface area contributed by atoms with Gasteiger partial charge in [-0.05, 0) is 49.2 Å². The molecule has 3 aromatic rings. The molecule has 150 valence electrons. The van der Waals surface area contributed by atoms with Crippen LogP contribution in [0.2, 0.25) is 5.02 Å². The van der Waals surface area contributed by atoms with E-state index in [4.69, 9.17) is 11.6 Å². The van der Waals surface area contributed by atoms with Crippen LogP contribution in [0.5, 0.6) is 0 Å². The molecule has 3 amide bonds. The van der Waals surface area contributed by atoms with E-state index in [0.29, 0.717) is 39.2 Å². The molecule has 6 nitrogen and oxygen atoms in total. The number of urea groups is 1. The predicted molar refractivity (Wildman–Crippen MR) is 114 cm³/mol. The summed E-state index contributed by atoms with van der Waals surface area (Å²) in [6.45, 7) is 1.66. The Morgan fingerprint density at radius 3 is 2.66 bits per heavy atom. The molecule has 1 heterocycles. The summed E-state index contributed by atoms with van der Waals surface area (Å²) in [5, 5.41) is 10.7. The predicted octanol–water partition coefficient (Wildman–Crippen LogP) is 5.46. The lowest BCUT2D eigenvalue weighted by molar-refractivity contribution is -0.116. The Morgan fingerprint density at radius 2 is 1.90 bits per heavy atom. The first-order valence-electron chi connectivity index (χ1n) is 8.73. The number of amides is 3. The third kappa shape index (κ3) is 6.27. The van der Waals surface area contributed by atoms with Crippen LogP contribution < -0.4 is 16.0 Å². The van der Waals surface area contributed by atoms with Crippen molar-refractivity contribution in [3.05, 3.63) is 69.9 Å². The zero-order valence-corrected chi connectivity index (χ0v) is 17.0. The van der Waals surface area contributed by atoms with Crippen molar-refractivity contribution in [1.29, 1.82) is 0 Å². The van der Waals surface area contributed by atoms with E-state index < -0.39 is 6.03 Å². The van der Waals surface area contributed by atoms with E-state index in [-0.39, 0.29) is 18.1 Å². The van der Waals surface area contributed by atoms with Crippen LogP contribution in [0.1, 0.15) is 17.7 Å². The van der Waals surface area contributed by atoms with Gasteiger partial charge in [0, 0.05) is 28.2 Å². The molecule has 0 bridgehead atoms. The van der Waals surface area contributed by atoms with Crippen molar-refractivity contribution in [2.45, 2.75) is 19.8 Å². The van der Waals surface area contributed by atoms with Crippen LogP contribution in [0, 0.1) is 12.7 Å². The van der Waals surface area contributed by atoms with Crippen molar-refractivity contribution in [1.82, 2.24) is 4.98 Å². The van der Waals surface area contributed by atoms with Crippen LogP contribution in [0.3, 0.4) is 0 Å². The van der Waals surface area contributed by atoms with Gasteiger partial charge in [0.25, 0.3) is 0 Å². The van der Waals surface area contributed by atoms with E-state index in [1.165, 1.54) is 17.4 Å². The number of nitrogens with one attached hydrogen (secondary N) is 3. The maximum Gasteiger partial charge on any atom is 0.325 e. The second kappa shape index (κ2) is 9.49. The van der Waals surface area contributed by atoms with E-state index >= 15 is 0 Å². The van der Waals surface area contributed by atoms with E-state index in [9.17, 15) is 14.0 Å². The quantitative estimate of drug-likeness (QED) is 0.483. The van der Waals surface area contributed by atoms with Gasteiger partial charge < -0.3 is 10.6 Å². The van der Waals surface area contributed by atoms with Crippen LogP contribution >= 0.6 is 22.9 Å². The Morgan fingerprint density at radius 1 is 1.10 bits per heavy atom.